The molecule has 0 aromatic carbocycles. The van der Waals surface area contributed by atoms with E-state index < -0.39 is 5.91 Å². The molecule has 0 rings (SSSR count). The summed E-state index contributed by atoms with van der Waals surface area (Å²) in [5.41, 5.74) is 4.93. The number of nitrogens with one attached hydrogen (secondary N) is 1. The van der Waals surface area contributed by atoms with Crippen LogP contribution < -0.4 is 11.1 Å². The van der Waals surface area contributed by atoms with Crippen LogP contribution in [0.4, 0.5) is 0 Å². The minimum Gasteiger partial charge on any atom is -0.370 e. The minimum absolute atomic E-state index is 0.0265. The van der Waals surface area contributed by atoms with Crippen molar-refractivity contribution in [1.29, 1.82) is 0 Å². The average molecular weight is 230 g/mol. The van der Waals surface area contributed by atoms with Crippen LogP contribution in [0.5, 0.6) is 0 Å². The smallest absolute Gasteiger partial charge is 0.243 e. The van der Waals surface area contributed by atoms with E-state index in [4.69, 9.17) is 10.5 Å². The van der Waals surface area contributed by atoms with E-state index in [2.05, 4.69) is 12.2 Å². The van der Waals surface area contributed by atoms with Crippen LogP contribution in [-0.2, 0) is 9.53 Å². The molecule has 0 aliphatic rings. The lowest BCUT2D eigenvalue weighted by Gasteiger charge is -2.04. The van der Waals surface area contributed by atoms with Crippen LogP contribution in [0.3, 0.4) is 0 Å². The summed E-state index contributed by atoms with van der Waals surface area (Å²) in [7, 11) is 0. The average Bonchev–Trinajstić information content (AvgIpc) is 2.25. The maximum absolute atomic E-state index is 10.3. The number of unbranched alkanes of at least 4 members (excludes halogenated alkanes) is 5. The molecule has 0 aliphatic heterocycles. The van der Waals surface area contributed by atoms with Gasteiger partial charge in [0.25, 0.3) is 0 Å². The van der Waals surface area contributed by atoms with E-state index in [0.29, 0.717) is 6.61 Å². The molecule has 0 aliphatic carbocycles. The highest BCUT2D eigenvalue weighted by Gasteiger charge is 1.93. The number of hydrogen-bond donors (Lipinski definition) is 2. The van der Waals surface area contributed by atoms with Gasteiger partial charge in [0.15, 0.2) is 0 Å². The number of carbonyl (C=O) groups is 1. The summed E-state index contributed by atoms with van der Waals surface area (Å²) in [6, 6.07) is 0. The molecule has 0 spiro atoms. The van der Waals surface area contributed by atoms with E-state index in [-0.39, 0.29) is 6.61 Å². The van der Waals surface area contributed by atoms with Gasteiger partial charge in [0.05, 0.1) is 6.61 Å². The maximum atomic E-state index is 10.3. The second kappa shape index (κ2) is 12.5. The molecule has 0 fully saturated rings. The zero-order chi connectivity index (χ0) is 12.1. The number of rotatable bonds is 12. The highest BCUT2D eigenvalue weighted by atomic mass is 16.5. The van der Waals surface area contributed by atoms with Gasteiger partial charge in [0.1, 0.15) is 6.61 Å². The Balaban J connectivity index is 2.90. The summed E-state index contributed by atoms with van der Waals surface area (Å²) in [5, 5.41) is 3.27. The molecule has 0 saturated heterocycles. The molecule has 1 amide bonds. The number of nitrogens with two attached hydrogens (primary N) is 1. The summed E-state index contributed by atoms with van der Waals surface area (Å²) >= 11 is 0. The van der Waals surface area contributed by atoms with Gasteiger partial charge in [-0.05, 0) is 13.0 Å². The van der Waals surface area contributed by atoms with Crippen LogP contribution in [0.2, 0.25) is 0 Å². The Bertz CT molecular complexity index is 163. The Morgan fingerprint density at radius 2 is 1.81 bits per heavy atom. The number of amides is 1. The molecule has 0 saturated carbocycles. The second-order valence-corrected chi connectivity index (χ2v) is 4.04. The minimum atomic E-state index is -0.407. The fraction of sp³-hybridized carbons (Fsp3) is 0.917. The molecular weight excluding hydrogens is 204 g/mol. The molecule has 4 heteroatoms. The third kappa shape index (κ3) is 13.4. The Hall–Kier alpha value is -0.610. The molecule has 96 valence electrons. The van der Waals surface area contributed by atoms with Gasteiger partial charge in [-0.25, -0.2) is 0 Å². The Labute approximate surface area is 98.9 Å². The van der Waals surface area contributed by atoms with Crippen LogP contribution in [-0.4, -0.2) is 32.2 Å². The molecule has 4 nitrogen and oxygen atoms in total. The number of carbonyl (C=O) groups excluding carboxylic acids is 1. The Morgan fingerprint density at radius 3 is 2.50 bits per heavy atom. The van der Waals surface area contributed by atoms with Crippen molar-refractivity contribution >= 4 is 5.91 Å². The molecule has 0 radical (unpaired) electrons. The van der Waals surface area contributed by atoms with Gasteiger partial charge >= 0.3 is 0 Å². The highest BCUT2D eigenvalue weighted by molar-refractivity contribution is 5.74. The van der Waals surface area contributed by atoms with Gasteiger partial charge in [0.2, 0.25) is 5.91 Å². The normalized spacial score (nSPS) is 10.6. The van der Waals surface area contributed by atoms with Gasteiger partial charge in [0, 0.05) is 6.54 Å². The lowest BCUT2D eigenvalue weighted by atomic mass is 10.1. The summed E-state index contributed by atoms with van der Waals surface area (Å²) in [6.45, 7) is 4.64. The molecule has 0 aromatic heterocycles. The largest absolute Gasteiger partial charge is 0.370 e. The summed E-state index contributed by atoms with van der Waals surface area (Å²) in [6.07, 6.45) is 7.88. The topological polar surface area (TPSA) is 64.3 Å². The standard InChI is InChI=1S/C12H26N2O2/c1-2-3-4-5-6-7-8-14-9-10-16-11-12(13)15/h14H,2-11H2,1H3,(H2,13,15). The first kappa shape index (κ1) is 15.4. The fourth-order valence-corrected chi connectivity index (χ4v) is 1.47. The van der Waals surface area contributed by atoms with Gasteiger partial charge in [-0.3, -0.25) is 4.79 Å². The van der Waals surface area contributed by atoms with E-state index in [1.165, 1.54) is 38.5 Å². The van der Waals surface area contributed by atoms with Crippen molar-refractivity contribution in [3.05, 3.63) is 0 Å². The lowest BCUT2D eigenvalue weighted by molar-refractivity contribution is -0.122. The van der Waals surface area contributed by atoms with Crippen molar-refractivity contribution in [2.45, 2.75) is 45.4 Å². The maximum Gasteiger partial charge on any atom is 0.243 e. The lowest BCUT2D eigenvalue weighted by Crippen LogP contribution is -2.24. The summed E-state index contributed by atoms with van der Waals surface area (Å²) in [4.78, 5) is 10.3. The van der Waals surface area contributed by atoms with Crippen molar-refractivity contribution < 1.29 is 9.53 Å². The number of ether oxygens (including phenoxy) is 1. The van der Waals surface area contributed by atoms with Gasteiger partial charge < -0.3 is 15.8 Å². The summed E-state index contributed by atoms with van der Waals surface area (Å²) < 4.78 is 5.02. The quantitative estimate of drug-likeness (QED) is 0.499. The number of primary amides is 1. The summed E-state index contributed by atoms with van der Waals surface area (Å²) in [5.74, 6) is -0.407. The fourth-order valence-electron chi connectivity index (χ4n) is 1.47. The predicted octanol–water partition coefficient (Wildman–Crippen LogP) is 1.44. The SMILES string of the molecule is CCCCCCCCNCCOCC(N)=O. The van der Waals surface area contributed by atoms with Crippen LogP contribution in [0.1, 0.15) is 45.4 Å². The van der Waals surface area contributed by atoms with Crippen molar-refractivity contribution in [3.8, 4) is 0 Å². The molecule has 0 aromatic rings. The Kier molecular flexibility index (Phi) is 12.0. The van der Waals surface area contributed by atoms with Gasteiger partial charge in [-0.1, -0.05) is 39.0 Å². The van der Waals surface area contributed by atoms with E-state index in [1.807, 2.05) is 0 Å². The molecule has 0 unspecified atom stereocenters. The van der Waals surface area contributed by atoms with Gasteiger partial charge in [-0.15, -0.1) is 0 Å². The molecule has 16 heavy (non-hydrogen) atoms. The van der Waals surface area contributed by atoms with Crippen LogP contribution in [0.25, 0.3) is 0 Å². The van der Waals surface area contributed by atoms with Crippen molar-refractivity contribution in [2.24, 2.45) is 5.73 Å². The van der Waals surface area contributed by atoms with E-state index in [1.54, 1.807) is 0 Å². The van der Waals surface area contributed by atoms with E-state index >= 15 is 0 Å². The van der Waals surface area contributed by atoms with E-state index in [9.17, 15) is 4.79 Å². The van der Waals surface area contributed by atoms with Crippen LogP contribution in [0, 0.1) is 0 Å². The molecule has 0 bridgehead atoms. The van der Waals surface area contributed by atoms with Gasteiger partial charge in [-0.2, -0.15) is 0 Å². The first-order valence-electron chi connectivity index (χ1n) is 6.34. The molecule has 3 N–H and O–H groups in total. The zero-order valence-electron chi connectivity index (χ0n) is 10.5. The van der Waals surface area contributed by atoms with Crippen LogP contribution in [0.15, 0.2) is 0 Å². The number of hydrogen-bond acceptors (Lipinski definition) is 3. The second-order valence-electron chi connectivity index (χ2n) is 4.04. The van der Waals surface area contributed by atoms with Crippen LogP contribution >= 0.6 is 0 Å². The zero-order valence-corrected chi connectivity index (χ0v) is 10.5. The Morgan fingerprint density at radius 1 is 1.12 bits per heavy atom. The highest BCUT2D eigenvalue weighted by Crippen LogP contribution is 2.03. The predicted molar refractivity (Wildman–Crippen MR) is 66.3 cm³/mol. The third-order valence-electron chi connectivity index (χ3n) is 2.37. The molecule has 0 atom stereocenters. The third-order valence-corrected chi connectivity index (χ3v) is 2.37. The molecular formula is C12H26N2O2. The first-order chi connectivity index (χ1) is 7.77. The van der Waals surface area contributed by atoms with Crippen molar-refractivity contribution in [2.75, 3.05) is 26.3 Å². The monoisotopic (exact) mass is 230 g/mol. The van der Waals surface area contributed by atoms with E-state index in [0.717, 1.165) is 13.1 Å². The first-order valence-corrected chi connectivity index (χ1v) is 6.34. The molecule has 0 heterocycles. The van der Waals surface area contributed by atoms with Crippen molar-refractivity contribution in [1.82, 2.24) is 5.32 Å². The van der Waals surface area contributed by atoms with Crippen molar-refractivity contribution in [3.63, 3.8) is 0 Å².